The predicted octanol–water partition coefficient (Wildman–Crippen LogP) is 5.86. The number of amides is 1. The summed E-state index contributed by atoms with van der Waals surface area (Å²) in [6.07, 6.45) is 1.96. The van der Waals surface area contributed by atoms with Crippen LogP contribution in [0.4, 0.5) is 5.69 Å². The molecule has 3 aromatic carbocycles. The first-order chi connectivity index (χ1) is 14.1. The third-order valence-electron chi connectivity index (χ3n) is 4.76. The van der Waals surface area contributed by atoms with Crippen LogP contribution in [-0.4, -0.2) is 29.1 Å². The number of hydrogen-bond acceptors (Lipinski definition) is 4. The zero-order chi connectivity index (χ0) is 20.4. The van der Waals surface area contributed by atoms with Gasteiger partial charge in [0, 0.05) is 11.4 Å². The van der Waals surface area contributed by atoms with E-state index in [-0.39, 0.29) is 11.9 Å². The molecule has 0 radical (unpaired) electrons. The van der Waals surface area contributed by atoms with E-state index in [0.29, 0.717) is 10.1 Å². The highest BCUT2D eigenvalue weighted by Gasteiger charge is 2.35. The van der Waals surface area contributed by atoms with Crippen LogP contribution >= 0.6 is 11.8 Å². The number of benzene rings is 3. The lowest BCUT2D eigenvalue weighted by molar-refractivity contribution is -0.123. The third kappa shape index (κ3) is 3.78. The molecule has 0 atom stereocenters. The Morgan fingerprint density at radius 1 is 0.966 bits per heavy atom. The Bertz CT molecular complexity index is 1120. The highest BCUT2D eigenvalue weighted by Crippen LogP contribution is 2.37. The van der Waals surface area contributed by atoms with Crippen LogP contribution in [0.2, 0.25) is 0 Å². The second kappa shape index (κ2) is 8.13. The van der Waals surface area contributed by atoms with Crippen molar-refractivity contribution in [1.29, 1.82) is 0 Å². The molecule has 0 saturated carbocycles. The summed E-state index contributed by atoms with van der Waals surface area (Å²) >= 11 is 1.42. The fourth-order valence-corrected chi connectivity index (χ4v) is 4.48. The van der Waals surface area contributed by atoms with Crippen molar-refractivity contribution in [3.05, 3.63) is 77.2 Å². The van der Waals surface area contributed by atoms with Gasteiger partial charge < -0.3 is 4.74 Å². The summed E-state index contributed by atoms with van der Waals surface area (Å²) < 4.78 is 5.49. The first kappa shape index (κ1) is 19.3. The lowest BCUT2D eigenvalue weighted by atomic mass is 10.0. The zero-order valence-corrected chi connectivity index (χ0v) is 17.4. The summed E-state index contributed by atoms with van der Waals surface area (Å²) in [5, 5.41) is 2.79. The average molecular weight is 403 g/mol. The lowest BCUT2D eigenvalue weighted by Gasteiger charge is -2.19. The molecule has 1 aliphatic rings. The molecule has 1 saturated heterocycles. The van der Waals surface area contributed by atoms with Gasteiger partial charge in [0.25, 0.3) is 5.91 Å². The number of fused-ring (bicyclic) bond motifs is 1. The topological polar surface area (TPSA) is 41.9 Å². The van der Waals surface area contributed by atoms with E-state index in [1.165, 1.54) is 11.8 Å². The summed E-state index contributed by atoms with van der Waals surface area (Å²) in [6.45, 7) is 4.01. The average Bonchev–Trinajstić information content (AvgIpc) is 3.04. The van der Waals surface area contributed by atoms with Gasteiger partial charge in [-0.3, -0.25) is 9.69 Å². The number of carbonyl (C=O) groups is 1. The fraction of sp³-hybridized carbons (Fsp3) is 0.167. The molecule has 0 spiro atoms. The molecular formula is C24H22N2O2S. The molecule has 0 aliphatic carbocycles. The van der Waals surface area contributed by atoms with Crippen LogP contribution in [0.1, 0.15) is 19.4 Å². The molecule has 1 aliphatic heterocycles. The Kier molecular flexibility index (Phi) is 5.41. The van der Waals surface area contributed by atoms with E-state index in [2.05, 4.69) is 0 Å². The quantitative estimate of drug-likeness (QED) is 0.513. The van der Waals surface area contributed by atoms with Crippen molar-refractivity contribution >= 4 is 45.4 Å². The molecule has 4 rings (SSSR count). The Labute approximate surface area is 174 Å². The van der Waals surface area contributed by atoms with Crippen molar-refractivity contribution in [2.45, 2.75) is 19.9 Å². The van der Waals surface area contributed by atoms with Crippen LogP contribution in [0.5, 0.6) is 5.75 Å². The molecular weight excluding hydrogens is 380 g/mol. The van der Waals surface area contributed by atoms with Crippen molar-refractivity contribution in [3.8, 4) is 5.75 Å². The lowest BCUT2D eigenvalue weighted by Crippen LogP contribution is -2.35. The molecule has 5 heteroatoms. The van der Waals surface area contributed by atoms with Crippen LogP contribution in [0.15, 0.2) is 76.6 Å². The molecule has 146 valence electrons. The van der Waals surface area contributed by atoms with Crippen LogP contribution in [0.25, 0.3) is 16.8 Å². The molecule has 1 amide bonds. The van der Waals surface area contributed by atoms with Gasteiger partial charge in [-0.15, -0.1) is 0 Å². The molecule has 3 aromatic rings. The normalized spacial score (nSPS) is 17.1. The van der Waals surface area contributed by atoms with Gasteiger partial charge in [-0.25, -0.2) is 4.99 Å². The first-order valence-corrected chi connectivity index (χ1v) is 10.3. The van der Waals surface area contributed by atoms with E-state index < -0.39 is 0 Å². The summed E-state index contributed by atoms with van der Waals surface area (Å²) in [4.78, 5) is 20.3. The maximum Gasteiger partial charge on any atom is 0.266 e. The minimum Gasteiger partial charge on any atom is -0.496 e. The second-order valence-corrected chi connectivity index (χ2v) is 8.02. The van der Waals surface area contributed by atoms with Gasteiger partial charge in [0.2, 0.25) is 0 Å². The number of para-hydroxylation sites is 1. The molecule has 29 heavy (non-hydrogen) atoms. The number of thioether (sulfide) groups is 1. The molecule has 1 fully saturated rings. The molecule has 0 unspecified atom stereocenters. The van der Waals surface area contributed by atoms with Crippen molar-refractivity contribution in [3.63, 3.8) is 0 Å². The van der Waals surface area contributed by atoms with Crippen LogP contribution in [0, 0.1) is 0 Å². The van der Waals surface area contributed by atoms with Crippen molar-refractivity contribution in [2.75, 3.05) is 7.11 Å². The van der Waals surface area contributed by atoms with E-state index >= 15 is 0 Å². The van der Waals surface area contributed by atoms with E-state index in [9.17, 15) is 4.79 Å². The monoisotopic (exact) mass is 402 g/mol. The van der Waals surface area contributed by atoms with Gasteiger partial charge >= 0.3 is 0 Å². The fourth-order valence-electron chi connectivity index (χ4n) is 3.37. The first-order valence-electron chi connectivity index (χ1n) is 9.51. The predicted molar refractivity (Wildman–Crippen MR) is 122 cm³/mol. The SMILES string of the molecule is COc1ccc(/C=C2/SC(=Nc3ccccc3)N(C(C)C)C2=O)c2ccccc12. The summed E-state index contributed by atoms with van der Waals surface area (Å²) in [6, 6.07) is 21.7. The Hall–Kier alpha value is -3.05. The van der Waals surface area contributed by atoms with Crippen molar-refractivity contribution < 1.29 is 9.53 Å². The van der Waals surface area contributed by atoms with Crippen LogP contribution in [0.3, 0.4) is 0 Å². The van der Waals surface area contributed by atoms with Gasteiger partial charge in [-0.05, 0) is 60.8 Å². The number of nitrogens with zero attached hydrogens (tertiary/aromatic N) is 2. The smallest absolute Gasteiger partial charge is 0.266 e. The van der Waals surface area contributed by atoms with Gasteiger partial charge in [-0.2, -0.15) is 0 Å². The van der Waals surface area contributed by atoms with Crippen molar-refractivity contribution in [1.82, 2.24) is 4.90 Å². The number of ether oxygens (including phenoxy) is 1. The summed E-state index contributed by atoms with van der Waals surface area (Å²) in [5.74, 6) is 0.808. The summed E-state index contributed by atoms with van der Waals surface area (Å²) in [5.41, 5.74) is 1.83. The zero-order valence-electron chi connectivity index (χ0n) is 16.6. The van der Waals surface area contributed by atoms with Gasteiger partial charge in [0.15, 0.2) is 5.17 Å². The third-order valence-corrected chi connectivity index (χ3v) is 5.74. The molecule has 0 N–H and O–H groups in total. The summed E-state index contributed by atoms with van der Waals surface area (Å²) in [7, 11) is 1.67. The Balaban J connectivity index is 1.78. The van der Waals surface area contributed by atoms with E-state index in [0.717, 1.165) is 27.8 Å². The van der Waals surface area contributed by atoms with Crippen molar-refractivity contribution in [2.24, 2.45) is 4.99 Å². The number of carbonyl (C=O) groups excluding carboxylic acids is 1. The molecule has 0 bridgehead atoms. The number of hydrogen-bond donors (Lipinski definition) is 0. The van der Waals surface area contributed by atoms with Crippen LogP contribution in [-0.2, 0) is 4.79 Å². The minimum atomic E-state index is -0.0143. The van der Waals surface area contributed by atoms with E-state index in [1.807, 2.05) is 86.7 Å². The number of amidine groups is 1. The second-order valence-electron chi connectivity index (χ2n) is 7.01. The largest absolute Gasteiger partial charge is 0.496 e. The molecule has 0 aromatic heterocycles. The number of aliphatic imine (C=N–C) groups is 1. The van der Waals surface area contributed by atoms with Gasteiger partial charge in [0.05, 0.1) is 17.7 Å². The maximum atomic E-state index is 13.1. The minimum absolute atomic E-state index is 0.0143. The van der Waals surface area contributed by atoms with Gasteiger partial charge in [0.1, 0.15) is 5.75 Å². The van der Waals surface area contributed by atoms with E-state index in [4.69, 9.17) is 9.73 Å². The highest BCUT2D eigenvalue weighted by atomic mass is 32.2. The van der Waals surface area contributed by atoms with E-state index in [1.54, 1.807) is 12.0 Å². The van der Waals surface area contributed by atoms with Gasteiger partial charge in [-0.1, -0.05) is 48.5 Å². The highest BCUT2D eigenvalue weighted by molar-refractivity contribution is 8.18. The number of rotatable bonds is 4. The van der Waals surface area contributed by atoms with Crippen LogP contribution < -0.4 is 4.74 Å². The Morgan fingerprint density at radius 2 is 1.66 bits per heavy atom. The Morgan fingerprint density at radius 3 is 2.34 bits per heavy atom. The number of methoxy groups -OCH3 is 1. The standard InChI is InChI=1S/C24H22N2O2S/c1-16(2)26-23(27)22(29-24(26)25-18-9-5-4-6-10-18)15-17-13-14-21(28-3)20-12-8-7-11-19(17)20/h4-16H,1-3H3/b22-15+,25-24?. The maximum absolute atomic E-state index is 13.1. The molecule has 1 heterocycles. The molecule has 4 nitrogen and oxygen atoms in total.